The van der Waals surface area contributed by atoms with Gasteiger partial charge in [-0.25, -0.2) is 0 Å². The highest BCUT2D eigenvalue weighted by Crippen LogP contribution is 2.37. The van der Waals surface area contributed by atoms with Crippen LogP contribution in [0.2, 0.25) is 5.02 Å². The monoisotopic (exact) mass is 411 g/mol. The van der Waals surface area contributed by atoms with E-state index in [1.807, 2.05) is 48.2 Å². The normalized spacial score (nSPS) is 17.8. The molecule has 0 radical (unpaired) electrons. The predicted molar refractivity (Wildman–Crippen MR) is 115 cm³/mol. The maximum Gasteiger partial charge on any atom is 0.255 e. The van der Waals surface area contributed by atoms with Gasteiger partial charge in [-0.1, -0.05) is 35.4 Å². The second-order valence-electron chi connectivity index (χ2n) is 7.93. The minimum atomic E-state index is -0.425. The molecule has 1 spiro atoms. The molecule has 0 saturated carbocycles. The zero-order valence-corrected chi connectivity index (χ0v) is 17.6. The van der Waals surface area contributed by atoms with Crippen LogP contribution in [0.5, 0.6) is 0 Å². The van der Waals surface area contributed by atoms with Crippen molar-refractivity contribution in [3.63, 3.8) is 0 Å². The van der Waals surface area contributed by atoms with E-state index in [1.165, 1.54) is 0 Å². The summed E-state index contributed by atoms with van der Waals surface area (Å²) in [7, 11) is 0. The molecule has 0 aromatic heterocycles. The summed E-state index contributed by atoms with van der Waals surface area (Å²) in [6.07, 6.45) is 1.80. The molecule has 1 N–H and O–H groups in total. The number of hydrogen-bond acceptors (Lipinski definition) is 3. The fourth-order valence-electron chi connectivity index (χ4n) is 4.53. The number of likely N-dealkylation sites (tertiary alicyclic amines) is 1. The van der Waals surface area contributed by atoms with Gasteiger partial charge in [-0.3, -0.25) is 9.59 Å². The zero-order chi connectivity index (χ0) is 20.6. The molecule has 2 aliphatic heterocycles. The summed E-state index contributed by atoms with van der Waals surface area (Å²) in [6.45, 7) is 6.17. The molecule has 1 fully saturated rings. The number of carbonyl (C=O) groups is 2. The lowest BCUT2D eigenvalue weighted by molar-refractivity contribution is -0.132. The molecular formula is C23H26ClN3O2. The molecule has 152 valence electrons. The molecule has 0 unspecified atom stereocenters. The maximum absolute atomic E-state index is 12.8. The van der Waals surface area contributed by atoms with Gasteiger partial charge in [0, 0.05) is 37.5 Å². The number of anilines is 1. The van der Waals surface area contributed by atoms with E-state index in [0.717, 1.165) is 28.9 Å². The highest BCUT2D eigenvalue weighted by atomic mass is 35.5. The van der Waals surface area contributed by atoms with Gasteiger partial charge in [-0.15, -0.1) is 0 Å². The lowest BCUT2D eigenvalue weighted by Gasteiger charge is -2.52. The fourth-order valence-corrected chi connectivity index (χ4v) is 4.65. The van der Waals surface area contributed by atoms with Crippen LogP contribution in [0.15, 0.2) is 42.5 Å². The van der Waals surface area contributed by atoms with E-state index in [0.29, 0.717) is 37.4 Å². The number of carbonyl (C=O) groups excluding carboxylic acids is 2. The first-order valence-electron chi connectivity index (χ1n) is 10.1. The molecule has 29 heavy (non-hydrogen) atoms. The standard InChI is InChI=1S/C23H26ClN3O2/c1-3-27-20-9-4-16(2)14-19(20)22(29)25-23(27)10-12-26(13-11-23)21(28)15-17-5-7-18(24)8-6-17/h4-9,14H,3,10-13,15H2,1-2H3,(H,25,29). The fraction of sp³-hybridized carbons (Fsp3) is 0.391. The number of fused-ring (bicyclic) bond motifs is 1. The third kappa shape index (κ3) is 3.71. The third-order valence-corrected chi connectivity index (χ3v) is 6.33. The Labute approximate surface area is 176 Å². The van der Waals surface area contributed by atoms with Crippen molar-refractivity contribution in [2.75, 3.05) is 24.5 Å². The summed E-state index contributed by atoms with van der Waals surface area (Å²) in [5, 5.41) is 3.94. The van der Waals surface area contributed by atoms with Crippen molar-refractivity contribution in [2.45, 2.75) is 38.8 Å². The molecule has 2 heterocycles. The second-order valence-corrected chi connectivity index (χ2v) is 8.37. The molecule has 0 aliphatic carbocycles. The molecule has 2 aromatic rings. The topological polar surface area (TPSA) is 52.7 Å². The van der Waals surface area contributed by atoms with Crippen LogP contribution in [0.25, 0.3) is 0 Å². The highest BCUT2D eigenvalue weighted by molar-refractivity contribution is 6.30. The van der Waals surface area contributed by atoms with Crippen LogP contribution in [0.4, 0.5) is 5.69 Å². The van der Waals surface area contributed by atoms with Gasteiger partial charge in [-0.2, -0.15) is 0 Å². The minimum Gasteiger partial charge on any atom is -0.348 e. The quantitative estimate of drug-likeness (QED) is 0.836. The molecular weight excluding hydrogens is 386 g/mol. The van der Waals surface area contributed by atoms with Gasteiger partial charge in [0.1, 0.15) is 5.66 Å². The third-order valence-electron chi connectivity index (χ3n) is 6.08. The number of piperidine rings is 1. The molecule has 2 aliphatic rings. The van der Waals surface area contributed by atoms with Crippen molar-refractivity contribution in [3.05, 3.63) is 64.2 Å². The Hall–Kier alpha value is -2.53. The first kappa shape index (κ1) is 19.8. The average molecular weight is 412 g/mol. The van der Waals surface area contributed by atoms with Crippen molar-refractivity contribution >= 4 is 29.1 Å². The van der Waals surface area contributed by atoms with Crippen molar-refractivity contribution in [3.8, 4) is 0 Å². The second kappa shape index (κ2) is 7.71. The number of halogens is 1. The number of aryl methyl sites for hydroxylation is 1. The predicted octanol–water partition coefficient (Wildman–Crippen LogP) is 3.78. The largest absolute Gasteiger partial charge is 0.348 e. The Balaban J connectivity index is 1.49. The Morgan fingerprint density at radius 1 is 1.14 bits per heavy atom. The lowest BCUT2D eigenvalue weighted by atomic mass is 9.89. The van der Waals surface area contributed by atoms with E-state index < -0.39 is 5.66 Å². The van der Waals surface area contributed by atoms with Gasteiger partial charge in [0.05, 0.1) is 17.7 Å². The van der Waals surface area contributed by atoms with E-state index >= 15 is 0 Å². The van der Waals surface area contributed by atoms with Crippen LogP contribution in [-0.2, 0) is 11.2 Å². The Morgan fingerprint density at radius 3 is 2.48 bits per heavy atom. The molecule has 2 amide bonds. The highest BCUT2D eigenvalue weighted by Gasteiger charge is 2.45. The number of hydrogen-bond donors (Lipinski definition) is 1. The molecule has 5 nitrogen and oxygen atoms in total. The summed E-state index contributed by atoms with van der Waals surface area (Å²) >= 11 is 5.93. The van der Waals surface area contributed by atoms with Crippen LogP contribution in [0.1, 0.15) is 41.3 Å². The summed E-state index contributed by atoms with van der Waals surface area (Å²) in [5.41, 5.74) is 3.34. The number of amides is 2. The maximum atomic E-state index is 12.8. The molecule has 2 aromatic carbocycles. The smallest absolute Gasteiger partial charge is 0.255 e. The van der Waals surface area contributed by atoms with Crippen molar-refractivity contribution in [1.82, 2.24) is 10.2 Å². The molecule has 4 rings (SSSR count). The Bertz CT molecular complexity index is 934. The molecule has 0 bridgehead atoms. The van der Waals surface area contributed by atoms with Crippen LogP contribution in [0, 0.1) is 6.92 Å². The van der Waals surface area contributed by atoms with Crippen molar-refractivity contribution in [1.29, 1.82) is 0 Å². The Morgan fingerprint density at radius 2 is 1.83 bits per heavy atom. The van der Waals surface area contributed by atoms with Gasteiger partial charge in [-0.05, 0) is 43.7 Å². The molecule has 1 saturated heterocycles. The van der Waals surface area contributed by atoms with Gasteiger partial charge < -0.3 is 15.1 Å². The molecule has 6 heteroatoms. The average Bonchev–Trinajstić information content (AvgIpc) is 2.71. The van der Waals surface area contributed by atoms with E-state index in [4.69, 9.17) is 11.6 Å². The summed E-state index contributed by atoms with van der Waals surface area (Å²) in [4.78, 5) is 29.8. The SMILES string of the molecule is CCN1c2ccc(C)cc2C(=O)NC12CCN(C(=O)Cc1ccc(Cl)cc1)CC2. The minimum absolute atomic E-state index is 0.0191. The summed E-state index contributed by atoms with van der Waals surface area (Å²) in [6, 6.07) is 13.5. The first-order valence-corrected chi connectivity index (χ1v) is 10.5. The van der Waals surface area contributed by atoms with E-state index in [-0.39, 0.29) is 11.8 Å². The van der Waals surface area contributed by atoms with E-state index in [2.05, 4.69) is 23.2 Å². The van der Waals surface area contributed by atoms with Gasteiger partial charge in [0.2, 0.25) is 5.91 Å². The number of nitrogens with one attached hydrogen (secondary N) is 1. The Kier molecular flexibility index (Phi) is 5.26. The number of rotatable bonds is 3. The van der Waals surface area contributed by atoms with Crippen LogP contribution in [-0.4, -0.2) is 42.0 Å². The summed E-state index contributed by atoms with van der Waals surface area (Å²) in [5.74, 6) is 0.0951. The van der Waals surface area contributed by atoms with E-state index in [1.54, 1.807) is 0 Å². The number of nitrogens with zero attached hydrogens (tertiary/aromatic N) is 2. The molecule has 0 atom stereocenters. The van der Waals surface area contributed by atoms with Gasteiger partial charge in [0.25, 0.3) is 5.91 Å². The van der Waals surface area contributed by atoms with Crippen LogP contribution >= 0.6 is 11.6 Å². The van der Waals surface area contributed by atoms with Gasteiger partial charge >= 0.3 is 0 Å². The van der Waals surface area contributed by atoms with Crippen molar-refractivity contribution < 1.29 is 9.59 Å². The van der Waals surface area contributed by atoms with Crippen LogP contribution < -0.4 is 10.2 Å². The zero-order valence-electron chi connectivity index (χ0n) is 16.9. The lowest BCUT2D eigenvalue weighted by Crippen LogP contribution is -2.68. The van der Waals surface area contributed by atoms with E-state index in [9.17, 15) is 9.59 Å². The number of benzene rings is 2. The first-order chi connectivity index (χ1) is 13.9. The van der Waals surface area contributed by atoms with Crippen LogP contribution in [0.3, 0.4) is 0 Å². The van der Waals surface area contributed by atoms with Crippen molar-refractivity contribution in [2.24, 2.45) is 0 Å². The van der Waals surface area contributed by atoms with Gasteiger partial charge in [0.15, 0.2) is 0 Å². The summed E-state index contributed by atoms with van der Waals surface area (Å²) < 4.78 is 0.